The predicted molar refractivity (Wildman–Crippen MR) is 27.6 cm³/mol. The van der Waals surface area contributed by atoms with E-state index in [1.54, 1.807) is 0 Å². The van der Waals surface area contributed by atoms with E-state index >= 15 is 0 Å². The second-order valence-electron chi connectivity index (χ2n) is 2.08. The molecular weight excluding hydrogens is 124 g/mol. The van der Waals surface area contributed by atoms with Crippen LogP contribution in [-0.4, -0.2) is 34.5 Å². The zero-order valence-electron chi connectivity index (χ0n) is 4.94. The van der Waals surface area contributed by atoms with Crippen LogP contribution in [0.15, 0.2) is 0 Å². The highest BCUT2D eigenvalue weighted by molar-refractivity contribution is 5.77. The molecule has 0 spiro atoms. The van der Waals surface area contributed by atoms with Gasteiger partial charge in [0.1, 0.15) is 12.2 Å². The van der Waals surface area contributed by atoms with Gasteiger partial charge in [-0.3, -0.25) is 0 Å². The molecule has 1 aliphatic heterocycles. The van der Waals surface area contributed by atoms with E-state index < -0.39 is 24.3 Å². The molecule has 1 fully saturated rings. The quantitative estimate of drug-likeness (QED) is 0.400. The normalized spacial score (nSPS) is 43.0. The minimum Gasteiger partial charge on any atom is -0.458 e. The number of cyclic esters (lactones) is 1. The van der Waals surface area contributed by atoms with Crippen molar-refractivity contribution < 1.29 is 19.7 Å². The van der Waals surface area contributed by atoms with Crippen LogP contribution in [0.1, 0.15) is 6.92 Å². The number of esters is 1. The first-order valence-electron chi connectivity index (χ1n) is 2.69. The summed E-state index contributed by atoms with van der Waals surface area (Å²) in [6.45, 7) is 1.53. The van der Waals surface area contributed by atoms with Crippen molar-refractivity contribution in [2.24, 2.45) is 0 Å². The monoisotopic (exact) mass is 132 g/mol. The summed E-state index contributed by atoms with van der Waals surface area (Å²) in [5, 5.41) is 17.6. The van der Waals surface area contributed by atoms with Gasteiger partial charge in [-0.1, -0.05) is 0 Å². The Labute approximate surface area is 52.1 Å². The molecule has 0 amide bonds. The Morgan fingerprint density at radius 2 is 2.11 bits per heavy atom. The summed E-state index contributed by atoms with van der Waals surface area (Å²) in [5.74, 6) is -0.741. The van der Waals surface area contributed by atoms with Gasteiger partial charge < -0.3 is 14.9 Å². The molecule has 1 saturated heterocycles. The maximum absolute atomic E-state index is 10.4. The molecule has 0 aromatic rings. The third kappa shape index (κ3) is 0.906. The molecule has 0 aromatic heterocycles. The SMILES string of the molecule is CC1OC(=O)[C@@H](O)C1O. The number of aliphatic hydroxyl groups excluding tert-OH is 2. The van der Waals surface area contributed by atoms with Crippen LogP contribution >= 0.6 is 0 Å². The molecule has 2 unspecified atom stereocenters. The Hall–Kier alpha value is -0.610. The second-order valence-corrected chi connectivity index (χ2v) is 2.08. The van der Waals surface area contributed by atoms with Gasteiger partial charge in [0.05, 0.1) is 0 Å². The third-order valence-corrected chi connectivity index (χ3v) is 1.35. The molecule has 0 aliphatic carbocycles. The highest BCUT2D eigenvalue weighted by atomic mass is 16.6. The first-order valence-corrected chi connectivity index (χ1v) is 2.69. The molecule has 1 heterocycles. The van der Waals surface area contributed by atoms with Crippen LogP contribution in [-0.2, 0) is 9.53 Å². The fraction of sp³-hybridized carbons (Fsp3) is 0.800. The highest BCUT2D eigenvalue weighted by Gasteiger charge is 2.39. The molecule has 1 rings (SSSR count). The van der Waals surface area contributed by atoms with E-state index in [2.05, 4.69) is 4.74 Å². The van der Waals surface area contributed by atoms with Crippen LogP contribution in [0.5, 0.6) is 0 Å². The first kappa shape index (κ1) is 6.51. The average molecular weight is 132 g/mol. The van der Waals surface area contributed by atoms with Crippen molar-refractivity contribution in [2.45, 2.75) is 25.2 Å². The standard InChI is InChI=1S/C5H8O4/c1-2-3(6)4(7)5(8)9-2/h2-4,6-7H,1H3/t2?,3?,4-/m0/s1. The van der Waals surface area contributed by atoms with E-state index in [1.807, 2.05) is 0 Å². The van der Waals surface area contributed by atoms with E-state index in [0.717, 1.165) is 0 Å². The summed E-state index contributed by atoms with van der Waals surface area (Å²) < 4.78 is 4.45. The van der Waals surface area contributed by atoms with Crippen molar-refractivity contribution in [3.63, 3.8) is 0 Å². The van der Waals surface area contributed by atoms with Crippen molar-refractivity contribution in [2.75, 3.05) is 0 Å². The van der Waals surface area contributed by atoms with Gasteiger partial charge in [-0.2, -0.15) is 0 Å². The van der Waals surface area contributed by atoms with Gasteiger partial charge >= 0.3 is 5.97 Å². The minimum absolute atomic E-state index is 0.576. The molecule has 52 valence electrons. The van der Waals surface area contributed by atoms with Crippen molar-refractivity contribution in [1.82, 2.24) is 0 Å². The third-order valence-electron chi connectivity index (χ3n) is 1.35. The van der Waals surface area contributed by atoms with Crippen molar-refractivity contribution >= 4 is 5.97 Å². The Kier molecular flexibility index (Phi) is 1.42. The Morgan fingerprint density at radius 1 is 1.56 bits per heavy atom. The maximum atomic E-state index is 10.4. The van der Waals surface area contributed by atoms with Crippen molar-refractivity contribution in [3.8, 4) is 0 Å². The van der Waals surface area contributed by atoms with Crippen LogP contribution in [0.2, 0.25) is 0 Å². The van der Waals surface area contributed by atoms with Gasteiger partial charge in [0, 0.05) is 0 Å². The Morgan fingerprint density at radius 3 is 2.22 bits per heavy atom. The van der Waals surface area contributed by atoms with Crippen LogP contribution in [0, 0.1) is 0 Å². The summed E-state index contributed by atoms with van der Waals surface area (Å²) in [7, 11) is 0. The highest BCUT2D eigenvalue weighted by Crippen LogP contribution is 2.14. The maximum Gasteiger partial charge on any atom is 0.338 e. The molecule has 1 aliphatic rings. The van der Waals surface area contributed by atoms with Gasteiger partial charge in [-0.05, 0) is 6.92 Å². The van der Waals surface area contributed by atoms with E-state index in [1.165, 1.54) is 6.92 Å². The van der Waals surface area contributed by atoms with Gasteiger partial charge in [0.25, 0.3) is 0 Å². The summed E-state index contributed by atoms with van der Waals surface area (Å²) >= 11 is 0. The van der Waals surface area contributed by atoms with Gasteiger partial charge in [0.15, 0.2) is 6.10 Å². The topological polar surface area (TPSA) is 66.8 Å². The average Bonchev–Trinajstić information content (AvgIpc) is 1.98. The zero-order chi connectivity index (χ0) is 7.02. The molecule has 4 nitrogen and oxygen atoms in total. The Bertz CT molecular complexity index is 133. The molecule has 0 radical (unpaired) electrons. The summed E-state index contributed by atoms with van der Waals surface area (Å²) in [5.41, 5.74) is 0. The molecule has 2 N–H and O–H groups in total. The van der Waals surface area contributed by atoms with Crippen molar-refractivity contribution in [3.05, 3.63) is 0 Å². The lowest BCUT2D eigenvalue weighted by atomic mass is 10.2. The second kappa shape index (κ2) is 1.97. The Balaban J connectivity index is 2.65. The summed E-state index contributed by atoms with van der Waals surface area (Å²) in [6.07, 6.45) is -2.98. The molecule has 9 heavy (non-hydrogen) atoms. The van der Waals surface area contributed by atoms with E-state index in [0.29, 0.717) is 0 Å². The smallest absolute Gasteiger partial charge is 0.338 e. The van der Waals surface area contributed by atoms with Crippen LogP contribution in [0.4, 0.5) is 0 Å². The van der Waals surface area contributed by atoms with E-state index in [4.69, 9.17) is 10.2 Å². The van der Waals surface area contributed by atoms with Crippen LogP contribution in [0.3, 0.4) is 0 Å². The fourth-order valence-electron chi connectivity index (χ4n) is 0.719. The summed E-state index contributed by atoms with van der Waals surface area (Å²) in [6, 6.07) is 0. The predicted octanol–water partition coefficient (Wildman–Crippen LogP) is -1.35. The van der Waals surface area contributed by atoms with Gasteiger partial charge in [-0.15, -0.1) is 0 Å². The fourth-order valence-corrected chi connectivity index (χ4v) is 0.719. The summed E-state index contributed by atoms with van der Waals surface area (Å²) in [4.78, 5) is 10.4. The molecule has 0 aromatic carbocycles. The number of aliphatic hydroxyl groups is 2. The van der Waals surface area contributed by atoms with Crippen LogP contribution in [0.25, 0.3) is 0 Å². The van der Waals surface area contributed by atoms with E-state index in [9.17, 15) is 4.79 Å². The number of ether oxygens (including phenoxy) is 1. The number of carbonyl (C=O) groups is 1. The largest absolute Gasteiger partial charge is 0.458 e. The van der Waals surface area contributed by atoms with Gasteiger partial charge in [0.2, 0.25) is 0 Å². The number of hydrogen-bond acceptors (Lipinski definition) is 4. The zero-order valence-corrected chi connectivity index (χ0v) is 4.94. The lowest BCUT2D eigenvalue weighted by molar-refractivity contribution is -0.146. The number of carbonyl (C=O) groups excluding carboxylic acids is 1. The van der Waals surface area contributed by atoms with Crippen molar-refractivity contribution in [1.29, 1.82) is 0 Å². The molecule has 3 atom stereocenters. The van der Waals surface area contributed by atoms with Crippen LogP contribution < -0.4 is 0 Å². The molecule has 0 saturated carbocycles. The lowest BCUT2D eigenvalue weighted by Gasteiger charge is -2.04. The molecule has 4 heteroatoms. The number of hydrogen-bond donors (Lipinski definition) is 2. The van der Waals surface area contributed by atoms with E-state index in [-0.39, 0.29) is 0 Å². The lowest BCUT2D eigenvalue weighted by Crippen LogP contribution is -2.29. The van der Waals surface area contributed by atoms with Gasteiger partial charge in [-0.25, -0.2) is 4.79 Å². The minimum atomic E-state index is -1.35. The number of rotatable bonds is 0. The molecular formula is C5H8O4. The first-order chi connectivity index (χ1) is 4.13. The molecule has 0 bridgehead atoms.